The summed E-state index contributed by atoms with van der Waals surface area (Å²) in [7, 11) is 0. The number of amides is 2. The standard InChI is InChI=1S/C17H26N2O3/c1-2-3-4-10-18-17(20)19-14-7-5-8-15(12-14)22-13-16-9-6-11-21-16/h5,7-8,12,16H,2-4,6,9-11,13H2,1H3,(H2,18,19,20). The zero-order chi connectivity index (χ0) is 15.6. The maximum Gasteiger partial charge on any atom is 0.319 e. The van der Waals surface area contributed by atoms with Gasteiger partial charge in [-0.2, -0.15) is 0 Å². The Hall–Kier alpha value is -1.75. The lowest BCUT2D eigenvalue weighted by Crippen LogP contribution is -2.29. The molecule has 0 aromatic heterocycles. The fourth-order valence-electron chi connectivity index (χ4n) is 2.38. The van der Waals surface area contributed by atoms with Crippen LogP contribution in [0.4, 0.5) is 10.5 Å². The summed E-state index contributed by atoms with van der Waals surface area (Å²) < 4.78 is 11.3. The number of ether oxygens (including phenoxy) is 2. The van der Waals surface area contributed by atoms with Gasteiger partial charge in [0.25, 0.3) is 0 Å². The Bertz CT molecular complexity index is 459. The zero-order valence-corrected chi connectivity index (χ0v) is 13.3. The molecule has 1 fully saturated rings. The van der Waals surface area contributed by atoms with Gasteiger partial charge >= 0.3 is 6.03 Å². The number of rotatable bonds is 8. The number of carbonyl (C=O) groups excluding carboxylic acids is 1. The molecule has 1 unspecified atom stereocenters. The largest absolute Gasteiger partial charge is 0.491 e. The van der Waals surface area contributed by atoms with Gasteiger partial charge in [0.05, 0.1) is 6.10 Å². The monoisotopic (exact) mass is 306 g/mol. The van der Waals surface area contributed by atoms with Gasteiger partial charge in [0.2, 0.25) is 0 Å². The number of carbonyl (C=O) groups is 1. The second kappa shape index (κ2) is 9.30. The molecule has 1 atom stereocenters. The molecule has 5 nitrogen and oxygen atoms in total. The molecule has 122 valence electrons. The smallest absolute Gasteiger partial charge is 0.319 e. The van der Waals surface area contributed by atoms with Gasteiger partial charge in [0, 0.05) is 24.9 Å². The minimum atomic E-state index is -0.174. The van der Waals surface area contributed by atoms with Crippen molar-refractivity contribution in [1.82, 2.24) is 5.32 Å². The highest BCUT2D eigenvalue weighted by atomic mass is 16.5. The summed E-state index contributed by atoms with van der Waals surface area (Å²) in [5, 5.41) is 5.68. The van der Waals surface area contributed by atoms with E-state index >= 15 is 0 Å². The van der Waals surface area contributed by atoms with E-state index in [1.165, 1.54) is 0 Å². The van der Waals surface area contributed by atoms with E-state index in [4.69, 9.17) is 9.47 Å². The molecule has 1 aliphatic rings. The summed E-state index contributed by atoms with van der Waals surface area (Å²) in [6, 6.07) is 7.27. The van der Waals surface area contributed by atoms with Crippen LogP contribution in [0.2, 0.25) is 0 Å². The van der Waals surface area contributed by atoms with Crippen LogP contribution in [0, 0.1) is 0 Å². The zero-order valence-electron chi connectivity index (χ0n) is 13.3. The number of hydrogen-bond acceptors (Lipinski definition) is 3. The highest BCUT2D eigenvalue weighted by Gasteiger charge is 2.16. The Morgan fingerprint density at radius 2 is 2.32 bits per heavy atom. The van der Waals surface area contributed by atoms with Crippen LogP contribution in [0.5, 0.6) is 5.75 Å². The Labute approximate surface area is 132 Å². The van der Waals surface area contributed by atoms with Crippen LogP contribution in [-0.2, 0) is 4.74 Å². The maximum absolute atomic E-state index is 11.8. The lowest BCUT2D eigenvalue weighted by molar-refractivity contribution is 0.0680. The number of unbranched alkanes of at least 4 members (excludes halogenated alkanes) is 2. The van der Waals surface area contributed by atoms with E-state index < -0.39 is 0 Å². The Morgan fingerprint density at radius 3 is 3.09 bits per heavy atom. The number of benzene rings is 1. The highest BCUT2D eigenvalue weighted by Crippen LogP contribution is 2.19. The van der Waals surface area contributed by atoms with E-state index in [1.54, 1.807) is 0 Å². The van der Waals surface area contributed by atoms with Gasteiger partial charge in [0.1, 0.15) is 12.4 Å². The van der Waals surface area contributed by atoms with Gasteiger partial charge in [-0.1, -0.05) is 25.8 Å². The lowest BCUT2D eigenvalue weighted by Gasteiger charge is -2.13. The minimum absolute atomic E-state index is 0.174. The molecule has 1 aromatic carbocycles. The Kier molecular flexibility index (Phi) is 7.03. The summed E-state index contributed by atoms with van der Waals surface area (Å²) in [4.78, 5) is 11.8. The van der Waals surface area contributed by atoms with Crippen molar-refractivity contribution in [3.63, 3.8) is 0 Å². The van der Waals surface area contributed by atoms with Gasteiger partial charge in [0.15, 0.2) is 0 Å². The first-order chi connectivity index (χ1) is 10.8. The van der Waals surface area contributed by atoms with Gasteiger partial charge in [-0.25, -0.2) is 4.79 Å². The third-order valence-electron chi connectivity index (χ3n) is 3.62. The predicted molar refractivity (Wildman–Crippen MR) is 87.5 cm³/mol. The van der Waals surface area contributed by atoms with Crippen LogP contribution in [0.1, 0.15) is 39.0 Å². The molecule has 22 heavy (non-hydrogen) atoms. The summed E-state index contributed by atoms with van der Waals surface area (Å²) in [6.45, 7) is 4.23. The van der Waals surface area contributed by atoms with E-state index in [0.717, 1.165) is 50.1 Å². The fourth-order valence-corrected chi connectivity index (χ4v) is 2.38. The molecule has 1 heterocycles. The third-order valence-corrected chi connectivity index (χ3v) is 3.62. The number of urea groups is 1. The summed E-state index contributed by atoms with van der Waals surface area (Å²) in [6.07, 6.45) is 5.64. The van der Waals surface area contributed by atoms with E-state index in [9.17, 15) is 4.79 Å². The summed E-state index contributed by atoms with van der Waals surface area (Å²) in [5.41, 5.74) is 0.734. The molecule has 0 saturated carbocycles. The molecule has 2 amide bonds. The van der Waals surface area contributed by atoms with Crippen LogP contribution >= 0.6 is 0 Å². The van der Waals surface area contributed by atoms with Crippen molar-refractivity contribution in [2.45, 2.75) is 45.1 Å². The topological polar surface area (TPSA) is 59.6 Å². The molecule has 1 aromatic rings. The van der Waals surface area contributed by atoms with Crippen molar-refractivity contribution in [2.75, 3.05) is 25.1 Å². The average molecular weight is 306 g/mol. The molecule has 0 aliphatic carbocycles. The normalized spacial score (nSPS) is 17.2. The predicted octanol–water partition coefficient (Wildman–Crippen LogP) is 3.56. The lowest BCUT2D eigenvalue weighted by atomic mass is 10.2. The molecule has 0 spiro atoms. The van der Waals surface area contributed by atoms with E-state index in [-0.39, 0.29) is 12.1 Å². The van der Waals surface area contributed by atoms with Crippen LogP contribution in [0.25, 0.3) is 0 Å². The molecule has 1 saturated heterocycles. The van der Waals surface area contributed by atoms with Gasteiger partial charge in [-0.05, 0) is 31.4 Å². The Morgan fingerprint density at radius 1 is 1.41 bits per heavy atom. The molecule has 0 radical (unpaired) electrons. The molecular formula is C17H26N2O3. The molecule has 1 aliphatic heterocycles. The summed E-state index contributed by atoms with van der Waals surface area (Å²) >= 11 is 0. The van der Waals surface area contributed by atoms with Gasteiger partial charge in [-0.3, -0.25) is 0 Å². The first-order valence-electron chi connectivity index (χ1n) is 8.17. The van der Waals surface area contributed by atoms with E-state index in [1.807, 2.05) is 24.3 Å². The third kappa shape index (κ3) is 5.93. The molecule has 5 heteroatoms. The minimum Gasteiger partial charge on any atom is -0.491 e. The number of anilines is 1. The van der Waals surface area contributed by atoms with Crippen LogP contribution in [-0.4, -0.2) is 31.9 Å². The van der Waals surface area contributed by atoms with E-state index in [0.29, 0.717) is 13.2 Å². The number of nitrogens with one attached hydrogen (secondary N) is 2. The maximum atomic E-state index is 11.8. The molecule has 0 bridgehead atoms. The van der Waals surface area contributed by atoms with Crippen molar-refractivity contribution >= 4 is 11.7 Å². The quantitative estimate of drug-likeness (QED) is 0.722. The molecule has 2 N–H and O–H groups in total. The van der Waals surface area contributed by atoms with Crippen LogP contribution < -0.4 is 15.4 Å². The summed E-state index contributed by atoms with van der Waals surface area (Å²) in [5.74, 6) is 0.749. The average Bonchev–Trinajstić information content (AvgIpc) is 3.03. The van der Waals surface area contributed by atoms with Crippen LogP contribution in [0.15, 0.2) is 24.3 Å². The first-order valence-corrected chi connectivity index (χ1v) is 8.17. The first kappa shape index (κ1) is 16.6. The van der Waals surface area contributed by atoms with Crippen molar-refractivity contribution in [2.24, 2.45) is 0 Å². The number of hydrogen-bond donors (Lipinski definition) is 2. The fraction of sp³-hybridized carbons (Fsp3) is 0.588. The van der Waals surface area contributed by atoms with E-state index in [2.05, 4.69) is 17.6 Å². The van der Waals surface area contributed by atoms with Crippen molar-refractivity contribution in [3.05, 3.63) is 24.3 Å². The molecule has 2 rings (SSSR count). The highest BCUT2D eigenvalue weighted by molar-refractivity contribution is 5.89. The SMILES string of the molecule is CCCCCNC(=O)Nc1cccc(OCC2CCCO2)c1. The van der Waals surface area contributed by atoms with Crippen molar-refractivity contribution < 1.29 is 14.3 Å². The Balaban J connectivity index is 1.74. The van der Waals surface area contributed by atoms with Crippen molar-refractivity contribution in [1.29, 1.82) is 0 Å². The second-order valence-electron chi connectivity index (χ2n) is 5.56. The second-order valence-corrected chi connectivity index (χ2v) is 5.56. The van der Waals surface area contributed by atoms with Crippen molar-refractivity contribution in [3.8, 4) is 5.75 Å². The van der Waals surface area contributed by atoms with Gasteiger partial charge < -0.3 is 20.1 Å². The molecular weight excluding hydrogens is 280 g/mol. The van der Waals surface area contributed by atoms with Gasteiger partial charge in [-0.15, -0.1) is 0 Å². The van der Waals surface area contributed by atoms with Crippen LogP contribution in [0.3, 0.4) is 0 Å².